The van der Waals surface area contributed by atoms with Crippen LogP contribution in [-0.4, -0.2) is 0 Å². The average molecular weight is 123 g/mol. The molecule has 1 heteroatoms. The van der Waals surface area contributed by atoms with Gasteiger partial charge in [0.05, 0.1) is 11.5 Å². The minimum Gasteiger partial charge on any atom is -0.198 e. The molecule has 0 atom stereocenters. The van der Waals surface area contributed by atoms with E-state index in [1.54, 1.807) is 0 Å². The van der Waals surface area contributed by atoms with Crippen LogP contribution < -0.4 is 0 Å². The van der Waals surface area contributed by atoms with Gasteiger partial charge in [-0.1, -0.05) is 13.8 Å². The second-order valence-corrected chi connectivity index (χ2v) is 3.26. The van der Waals surface area contributed by atoms with E-state index < -0.39 is 0 Å². The molecule has 0 amide bonds. The summed E-state index contributed by atoms with van der Waals surface area (Å²) in [6.45, 7) is 4.32. The van der Waals surface area contributed by atoms with Gasteiger partial charge in [-0.15, -0.1) is 0 Å². The van der Waals surface area contributed by atoms with Gasteiger partial charge in [-0.25, -0.2) is 0 Å². The zero-order valence-electron chi connectivity index (χ0n) is 6.15. The topological polar surface area (TPSA) is 23.8 Å². The van der Waals surface area contributed by atoms with E-state index in [0.29, 0.717) is 0 Å². The fraction of sp³-hybridized carbons (Fsp3) is 0.875. The fourth-order valence-electron chi connectivity index (χ4n) is 1.73. The Morgan fingerprint density at radius 2 is 2.22 bits per heavy atom. The van der Waals surface area contributed by atoms with Crippen molar-refractivity contribution >= 4 is 0 Å². The van der Waals surface area contributed by atoms with Crippen molar-refractivity contribution in [1.82, 2.24) is 0 Å². The lowest BCUT2D eigenvalue weighted by molar-refractivity contribution is 0.126. The molecule has 1 saturated carbocycles. The molecule has 9 heavy (non-hydrogen) atoms. The molecule has 1 aliphatic carbocycles. The molecule has 0 radical (unpaired) electrons. The number of nitrogens with zero attached hydrogens (tertiary/aromatic N) is 1. The molecule has 0 unspecified atom stereocenters. The lowest BCUT2D eigenvalue weighted by Crippen LogP contribution is -2.33. The third-order valence-corrected chi connectivity index (χ3v) is 2.39. The fourth-order valence-corrected chi connectivity index (χ4v) is 1.73. The van der Waals surface area contributed by atoms with Crippen molar-refractivity contribution in [3.8, 4) is 6.07 Å². The van der Waals surface area contributed by atoms with Crippen LogP contribution in [-0.2, 0) is 0 Å². The normalized spacial score (nSPS) is 41.2. The van der Waals surface area contributed by atoms with Crippen LogP contribution in [0, 0.1) is 22.7 Å². The van der Waals surface area contributed by atoms with Crippen molar-refractivity contribution in [2.45, 2.75) is 33.1 Å². The number of nitriles is 1. The van der Waals surface area contributed by atoms with Gasteiger partial charge in [0.1, 0.15) is 0 Å². The number of rotatable bonds is 1. The maximum Gasteiger partial charge on any atom is 0.0689 e. The quantitative estimate of drug-likeness (QED) is 0.525. The first-order valence-electron chi connectivity index (χ1n) is 3.64. The lowest BCUT2D eigenvalue weighted by atomic mass is 9.62. The number of hydrogen-bond acceptors (Lipinski definition) is 1. The first-order chi connectivity index (χ1) is 4.22. The SMILES string of the molecule is CC[C@]1(C#N)C[C@H](C)C1. The van der Waals surface area contributed by atoms with Gasteiger partial charge in [-0.2, -0.15) is 5.26 Å². The molecule has 0 aliphatic heterocycles. The summed E-state index contributed by atoms with van der Waals surface area (Å²) in [5.41, 5.74) is 0.0828. The Morgan fingerprint density at radius 1 is 1.67 bits per heavy atom. The summed E-state index contributed by atoms with van der Waals surface area (Å²) in [6, 6.07) is 2.40. The van der Waals surface area contributed by atoms with Crippen LogP contribution in [0.4, 0.5) is 0 Å². The van der Waals surface area contributed by atoms with Crippen LogP contribution in [0.25, 0.3) is 0 Å². The molecule has 0 N–H and O–H groups in total. The summed E-state index contributed by atoms with van der Waals surface area (Å²) >= 11 is 0. The molecular formula is C8H13N. The van der Waals surface area contributed by atoms with Gasteiger partial charge in [-0.05, 0) is 25.2 Å². The summed E-state index contributed by atoms with van der Waals surface area (Å²) in [6.07, 6.45) is 3.29. The average Bonchev–Trinajstić information content (AvgIpc) is 1.81. The Kier molecular flexibility index (Phi) is 1.48. The predicted octanol–water partition coefficient (Wildman–Crippen LogP) is 2.34. The van der Waals surface area contributed by atoms with Crippen molar-refractivity contribution in [1.29, 1.82) is 5.26 Å². The van der Waals surface area contributed by atoms with E-state index in [4.69, 9.17) is 5.26 Å². The Labute approximate surface area is 56.7 Å². The summed E-state index contributed by atoms with van der Waals surface area (Å²) < 4.78 is 0. The van der Waals surface area contributed by atoms with E-state index >= 15 is 0 Å². The van der Waals surface area contributed by atoms with Gasteiger partial charge >= 0.3 is 0 Å². The van der Waals surface area contributed by atoms with E-state index in [1.807, 2.05) is 0 Å². The molecule has 1 fully saturated rings. The minimum absolute atomic E-state index is 0.0828. The summed E-state index contributed by atoms with van der Waals surface area (Å²) in [5, 5.41) is 8.70. The Bertz CT molecular complexity index is 137. The van der Waals surface area contributed by atoms with Gasteiger partial charge < -0.3 is 0 Å². The molecule has 0 spiro atoms. The lowest BCUT2D eigenvalue weighted by Gasteiger charge is -2.40. The summed E-state index contributed by atoms with van der Waals surface area (Å²) in [5.74, 6) is 0.796. The van der Waals surface area contributed by atoms with E-state index in [-0.39, 0.29) is 5.41 Å². The maximum atomic E-state index is 8.70. The second kappa shape index (κ2) is 2.02. The van der Waals surface area contributed by atoms with Crippen molar-refractivity contribution < 1.29 is 0 Å². The van der Waals surface area contributed by atoms with E-state index in [9.17, 15) is 0 Å². The van der Waals surface area contributed by atoms with Gasteiger partial charge in [0.15, 0.2) is 0 Å². The highest BCUT2D eigenvalue weighted by molar-refractivity contribution is 5.05. The largest absolute Gasteiger partial charge is 0.198 e. The molecule has 1 aliphatic rings. The Balaban J connectivity index is 2.48. The minimum atomic E-state index is 0.0828. The molecule has 0 aromatic rings. The zero-order chi connectivity index (χ0) is 6.91. The predicted molar refractivity (Wildman–Crippen MR) is 36.7 cm³/mol. The van der Waals surface area contributed by atoms with Crippen molar-refractivity contribution in [3.63, 3.8) is 0 Å². The molecule has 0 aromatic carbocycles. The van der Waals surface area contributed by atoms with Crippen LogP contribution >= 0.6 is 0 Å². The van der Waals surface area contributed by atoms with Crippen LogP contribution in [0.1, 0.15) is 33.1 Å². The van der Waals surface area contributed by atoms with Crippen LogP contribution in [0.2, 0.25) is 0 Å². The van der Waals surface area contributed by atoms with Crippen LogP contribution in [0.3, 0.4) is 0 Å². The summed E-state index contributed by atoms with van der Waals surface area (Å²) in [4.78, 5) is 0. The van der Waals surface area contributed by atoms with E-state index in [0.717, 1.165) is 25.2 Å². The number of hydrogen-bond donors (Lipinski definition) is 0. The summed E-state index contributed by atoms with van der Waals surface area (Å²) in [7, 11) is 0. The molecule has 0 bridgehead atoms. The van der Waals surface area contributed by atoms with Gasteiger partial charge in [0.25, 0.3) is 0 Å². The van der Waals surface area contributed by atoms with Crippen molar-refractivity contribution in [3.05, 3.63) is 0 Å². The first-order valence-corrected chi connectivity index (χ1v) is 3.64. The van der Waals surface area contributed by atoms with Crippen molar-refractivity contribution in [2.24, 2.45) is 11.3 Å². The molecule has 50 valence electrons. The van der Waals surface area contributed by atoms with Gasteiger partial charge in [0.2, 0.25) is 0 Å². The Hall–Kier alpha value is -0.510. The highest BCUT2D eigenvalue weighted by Gasteiger charge is 2.40. The highest BCUT2D eigenvalue weighted by atomic mass is 14.5. The monoisotopic (exact) mass is 123 g/mol. The third-order valence-electron chi connectivity index (χ3n) is 2.39. The zero-order valence-corrected chi connectivity index (χ0v) is 6.15. The van der Waals surface area contributed by atoms with E-state index in [1.165, 1.54) is 0 Å². The second-order valence-electron chi connectivity index (χ2n) is 3.26. The molecule has 0 saturated heterocycles. The maximum absolute atomic E-state index is 8.70. The van der Waals surface area contributed by atoms with Crippen LogP contribution in [0.5, 0.6) is 0 Å². The molecule has 1 rings (SSSR count). The Morgan fingerprint density at radius 3 is 2.33 bits per heavy atom. The van der Waals surface area contributed by atoms with Gasteiger partial charge in [-0.3, -0.25) is 0 Å². The molecule has 1 nitrogen and oxygen atoms in total. The molecule has 0 heterocycles. The smallest absolute Gasteiger partial charge is 0.0689 e. The molecular weight excluding hydrogens is 110 g/mol. The van der Waals surface area contributed by atoms with Crippen molar-refractivity contribution in [2.75, 3.05) is 0 Å². The highest BCUT2D eigenvalue weighted by Crippen LogP contribution is 2.47. The molecule has 0 aromatic heterocycles. The third kappa shape index (κ3) is 0.941. The van der Waals surface area contributed by atoms with Crippen LogP contribution in [0.15, 0.2) is 0 Å². The van der Waals surface area contributed by atoms with Gasteiger partial charge in [0, 0.05) is 0 Å². The van der Waals surface area contributed by atoms with E-state index in [2.05, 4.69) is 19.9 Å². The standard InChI is InChI=1S/C8H13N/c1-3-8(6-9)4-7(2)5-8/h7H,3-5H2,1-2H3/t7-,8-. The first kappa shape index (κ1) is 6.61.